The van der Waals surface area contributed by atoms with E-state index in [-0.39, 0.29) is 6.61 Å². The molecule has 31 heavy (non-hydrogen) atoms. The molecular weight excluding hydrogens is 400 g/mol. The van der Waals surface area contributed by atoms with Crippen molar-refractivity contribution in [1.82, 2.24) is 0 Å². The van der Waals surface area contributed by atoms with Gasteiger partial charge in [-0.2, -0.15) is 0 Å². The van der Waals surface area contributed by atoms with Gasteiger partial charge in [0.05, 0.1) is 18.5 Å². The summed E-state index contributed by atoms with van der Waals surface area (Å²) in [5.74, 6) is -0.416. The summed E-state index contributed by atoms with van der Waals surface area (Å²) in [6.45, 7) is 5.04. The zero-order chi connectivity index (χ0) is 22.9. The highest BCUT2D eigenvalue weighted by atomic mass is 16.6. The Balaban J connectivity index is 1.96. The number of para-hydroxylation sites is 2. The normalized spacial score (nSPS) is 11.0. The minimum atomic E-state index is -0.642. The van der Waals surface area contributed by atoms with Crippen LogP contribution in [-0.4, -0.2) is 37.3 Å². The van der Waals surface area contributed by atoms with E-state index in [9.17, 15) is 14.4 Å². The number of esters is 1. The first kappa shape index (κ1) is 23.5. The summed E-state index contributed by atoms with van der Waals surface area (Å²) in [4.78, 5) is 35.5. The SMILES string of the molecule is COC(=O)/C=C/c1cccc(OCC(=O)Nc2ccccc2NC(=O)OC(C)(C)C)c1. The number of anilines is 2. The van der Waals surface area contributed by atoms with E-state index in [1.807, 2.05) is 0 Å². The van der Waals surface area contributed by atoms with Crippen molar-refractivity contribution >= 4 is 35.4 Å². The molecule has 2 aromatic rings. The Morgan fingerprint density at radius 1 is 0.968 bits per heavy atom. The molecule has 0 atom stereocenters. The van der Waals surface area contributed by atoms with Gasteiger partial charge < -0.3 is 19.5 Å². The Labute approximate surface area is 181 Å². The number of hydrogen-bond acceptors (Lipinski definition) is 6. The summed E-state index contributed by atoms with van der Waals surface area (Å²) >= 11 is 0. The van der Waals surface area contributed by atoms with E-state index in [2.05, 4.69) is 15.4 Å². The van der Waals surface area contributed by atoms with Crippen molar-refractivity contribution in [2.75, 3.05) is 24.4 Å². The lowest BCUT2D eigenvalue weighted by molar-refractivity contribution is -0.134. The Bertz CT molecular complexity index is 963. The molecule has 0 aromatic heterocycles. The molecule has 2 amide bonds. The third-order valence-corrected chi connectivity index (χ3v) is 3.68. The fourth-order valence-corrected chi connectivity index (χ4v) is 2.39. The van der Waals surface area contributed by atoms with Crippen LogP contribution in [0.1, 0.15) is 26.3 Å². The monoisotopic (exact) mass is 426 g/mol. The molecule has 2 rings (SSSR count). The van der Waals surface area contributed by atoms with Crippen molar-refractivity contribution in [2.24, 2.45) is 0 Å². The lowest BCUT2D eigenvalue weighted by atomic mass is 10.2. The van der Waals surface area contributed by atoms with E-state index in [1.165, 1.54) is 13.2 Å². The largest absolute Gasteiger partial charge is 0.484 e. The number of benzene rings is 2. The highest BCUT2D eigenvalue weighted by molar-refractivity contribution is 5.98. The molecule has 0 bridgehead atoms. The molecule has 8 heteroatoms. The molecule has 0 unspecified atom stereocenters. The second kappa shape index (κ2) is 10.8. The zero-order valence-corrected chi connectivity index (χ0v) is 17.9. The van der Waals surface area contributed by atoms with Gasteiger partial charge in [0, 0.05) is 6.08 Å². The van der Waals surface area contributed by atoms with Crippen LogP contribution in [-0.2, 0) is 19.1 Å². The van der Waals surface area contributed by atoms with Crippen LogP contribution in [0.5, 0.6) is 5.75 Å². The van der Waals surface area contributed by atoms with Gasteiger partial charge in [-0.05, 0) is 56.7 Å². The molecule has 0 spiro atoms. The van der Waals surface area contributed by atoms with Crippen molar-refractivity contribution in [3.05, 3.63) is 60.2 Å². The number of carbonyl (C=O) groups excluding carboxylic acids is 3. The Hall–Kier alpha value is -3.81. The van der Waals surface area contributed by atoms with Crippen molar-refractivity contribution in [2.45, 2.75) is 26.4 Å². The smallest absolute Gasteiger partial charge is 0.412 e. The van der Waals surface area contributed by atoms with Gasteiger partial charge in [0.1, 0.15) is 11.4 Å². The highest BCUT2D eigenvalue weighted by Gasteiger charge is 2.17. The molecular formula is C23H26N2O6. The molecule has 0 aliphatic heterocycles. The molecule has 164 valence electrons. The van der Waals surface area contributed by atoms with E-state index in [0.717, 1.165) is 5.56 Å². The molecule has 2 aromatic carbocycles. The number of hydrogen-bond donors (Lipinski definition) is 2. The predicted octanol–water partition coefficient (Wildman–Crippen LogP) is 4.24. The van der Waals surface area contributed by atoms with Crippen LogP contribution in [0, 0.1) is 0 Å². The second-order valence-corrected chi connectivity index (χ2v) is 7.44. The zero-order valence-electron chi connectivity index (χ0n) is 17.9. The van der Waals surface area contributed by atoms with E-state index in [4.69, 9.17) is 9.47 Å². The maximum Gasteiger partial charge on any atom is 0.412 e. The first-order valence-electron chi connectivity index (χ1n) is 9.54. The molecule has 0 saturated heterocycles. The predicted molar refractivity (Wildman–Crippen MR) is 118 cm³/mol. The first-order chi connectivity index (χ1) is 14.7. The van der Waals surface area contributed by atoms with Gasteiger partial charge >= 0.3 is 12.1 Å². The summed E-state index contributed by atoms with van der Waals surface area (Å²) in [5, 5.41) is 5.32. The summed E-state index contributed by atoms with van der Waals surface area (Å²) in [6.07, 6.45) is 2.25. The van der Waals surface area contributed by atoms with E-state index < -0.39 is 23.6 Å². The summed E-state index contributed by atoms with van der Waals surface area (Å²) in [7, 11) is 1.30. The Morgan fingerprint density at radius 2 is 1.65 bits per heavy atom. The topological polar surface area (TPSA) is 103 Å². The summed E-state index contributed by atoms with van der Waals surface area (Å²) < 4.78 is 15.3. The van der Waals surface area contributed by atoms with Gasteiger partial charge in [0.2, 0.25) is 0 Å². The number of methoxy groups -OCH3 is 1. The minimum Gasteiger partial charge on any atom is -0.484 e. The standard InChI is InChI=1S/C23H26N2O6/c1-23(2,3)31-22(28)25-19-11-6-5-10-18(19)24-20(26)15-30-17-9-7-8-16(14-17)12-13-21(27)29-4/h5-14H,15H2,1-4H3,(H,24,26)(H,25,28)/b13-12+. The number of rotatable bonds is 7. The number of amides is 2. The molecule has 0 fully saturated rings. The molecule has 2 N–H and O–H groups in total. The fourth-order valence-electron chi connectivity index (χ4n) is 2.39. The van der Waals surface area contributed by atoms with E-state index in [1.54, 1.807) is 75.4 Å². The van der Waals surface area contributed by atoms with Gasteiger partial charge in [0.15, 0.2) is 6.61 Å². The minimum absolute atomic E-state index is 0.245. The van der Waals surface area contributed by atoms with Crippen LogP contribution < -0.4 is 15.4 Å². The van der Waals surface area contributed by atoms with Gasteiger partial charge in [-0.15, -0.1) is 0 Å². The maximum atomic E-state index is 12.3. The average molecular weight is 426 g/mol. The average Bonchev–Trinajstić information content (AvgIpc) is 2.71. The summed E-state index contributed by atoms with van der Waals surface area (Å²) in [5.41, 5.74) is 0.892. The van der Waals surface area contributed by atoms with Crippen LogP contribution >= 0.6 is 0 Å². The molecule has 0 radical (unpaired) electrons. The molecule has 0 aliphatic carbocycles. The maximum absolute atomic E-state index is 12.3. The van der Waals surface area contributed by atoms with Gasteiger partial charge in [-0.1, -0.05) is 24.3 Å². The van der Waals surface area contributed by atoms with Crippen molar-refractivity contribution < 1.29 is 28.6 Å². The van der Waals surface area contributed by atoms with Crippen molar-refractivity contribution in [1.29, 1.82) is 0 Å². The van der Waals surface area contributed by atoms with Crippen molar-refractivity contribution in [3.63, 3.8) is 0 Å². The van der Waals surface area contributed by atoms with Gasteiger partial charge in [-0.3, -0.25) is 10.1 Å². The molecule has 0 aliphatic rings. The van der Waals surface area contributed by atoms with Crippen molar-refractivity contribution in [3.8, 4) is 5.75 Å². The number of ether oxygens (including phenoxy) is 3. The number of nitrogens with one attached hydrogen (secondary N) is 2. The highest BCUT2D eigenvalue weighted by Crippen LogP contribution is 2.22. The van der Waals surface area contributed by atoms with Crippen LogP contribution in [0.2, 0.25) is 0 Å². The molecule has 8 nitrogen and oxygen atoms in total. The van der Waals surface area contributed by atoms with Crippen LogP contribution in [0.4, 0.5) is 16.2 Å². The second-order valence-electron chi connectivity index (χ2n) is 7.44. The fraction of sp³-hybridized carbons (Fsp3) is 0.261. The number of carbonyl (C=O) groups is 3. The van der Waals surface area contributed by atoms with Gasteiger partial charge in [0.25, 0.3) is 5.91 Å². The molecule has 0 heterocycles. The Morgan fingerprint density at radius 3 is 2.29 bits per heavy atom. The third-order valence-electron chi connectivity index (χ3n) is 3.68. The lowest BCUT2D eigenvalue weighted by Crippen LogP contribution is -2.28. The van der Waals surface area contributed by atoms with Crippen LogP contribution in [0.3, 0.4) is 0 Å². The van der Waals surface area contributed by atoms with E-state index in [0.29, 0.717) is 17.1 Å². The van der Waals surface area contributed by atoms with E-state index >= 15 is 0 Å². The molecule has 0 saturated carbocycles. The quantitative estimate of drug-likeness (QED) is 0.507. The third kappa shape index (κ3) is 8.61. The summed E-state index contributed by atoms with van der Waals surface area (Å²) in [6, 6.07) is 13.7. The van der Waals surface area contributed by atoms with Crippen LogP contribution in [0.25, 0.3) is 6.08 Å². The van der Waals surface area contributed by atoms with Gasteiger partial charge in [-0.25, -0.2) is 9.59 Å². The lowest BCUT2D eigenvalue weighted by Gasteiger charge is -2.20. The Kier molecular flexibility index (Phi) is 8.19. The first-order valence-corrected chi connectivity index (χ1v) is 9.54. The van der Waals surface area contributed by atoms with Crippen LogP contribution in [0.15, 0.2) is 54.6 Å².